The summed E-state index contributed by atoms with van der Waals surface area (Å²) in [5, 5.41) is 3.46. The molecule has 0 radical (unpaired) electrons. The highest BCUT2D eigenvalue weighted by molar-refractivity contribution is 6.41. The van der Waals surface area contributed by atoms with Gasteiger partial charge < -0.3 is 4.74 Å². The summed E-state index contributed by atoms with van der Waals surface area (Å²) in [6, 6.07) is 5.07. The summed E-state index contributed by atoms with van der Waals surface area (Å²) < 4.78 is 29.1. The molecule has 0 aliphatic carbocycles. The molecule has 1 aromatic heterocycles. The fraction of sp³-hybridized carbons (Fsp3) is 0.154. The second-order valence-electron chi connectivity index (χ2n) is 4.10. The van der Waals surface area contributed by atoms with Gasteiger partial charge in [-0.1, -0.05) is 23.2 Å². The van der Waals surface area contributed by atoms with Crippen LogP contribution in [0.1, 0.15) is 10.4 Å². The Kier molecular flexibility index (Phi) is 5.10. The molecule has 22 heavy (non-hydrogen) atoms. The van der Waals surface area contributed by atoms with Crippen LogP contribution in [0.5, 0.6) is 5.75 Å². The zero-order chi connectivity index (χ0) is 16.3. The van der Waals surface area contributed by atoms with Gasteiger partial charge in [0.05, 0.1) is 11.2 Å². The van der Waals surface area contributed by atoms with Gasteiger partial charge in [-0.2, -0.15) is 13.9 Å². The van der Waals surface area contributed by atoms with Crippen LogP contribution in [0.4, 0.5) is 8.78 Å². The molecule has 0 spiro atoms. The minimum atomic E-state index is -2.94. The smallest absolute Gasteiger partial charge is 0.387 e. The minimum Gasteiger partial charge on any atom is -0.435 e. The highest BCUT2D eigenvalue weighted by atomic mass is 35.5. The number of ether oxygens (including phenoxy) is 1. The van der Waals surface area contributed by atoms with Crippen molar-refractivity contribution in [1.82, 2.24) is 9.78 Å². The van der Waals surface area contributed by atoms with E-state index >= 15 is 0 Å². The fourth-order valence-corrected chi connectivity index (χ4v) is 1.88. The van der Waals surface area contributed by atoms with E-state index in [-0.39, 0.29) is 27.9 Å². The largest absolute Gasteiger partial charge is 0.435 e. The molecule has 2 aromatic rings. The van der Waals surface area contributed by atoms with Crippen molar-refractivity contribution >= 4 is 29.0 Å². The molecular weight excluding hydrogens is 341 g/mol. The summed E-state index contributed by atoms with van der Waals surface area (Å²) in [5.41, 5.74) is -0.485. The minimum absolute atomic E-state index is 0.0103. The Bertz CT molecular complexity index is 748. The van der Waals surface area contributed by atoms with E-state index in [2.05, 4.69) is 9.84 Å². The first-order valence-electron chi connectivity index (χ1n) is 5.87. The first-order valence-corrected chi connectivity index (χ1v) is 6.63. The third kappa shape index (κ3) is 3.80. The molecule has 116 valence electrons. The number of nitrogens with zero attached hydrogens (tertiary/aromatic N) is 2. The van der Waals surface area contributed by atoms with Crippen molar-refractivity contribution < 1.29 is 18.3 Å². The van der Waals surface area contributed by atoms with Crippen LogP contribution >= 0.6 is 23.2 Å². The third-order valence-corrected chi connectivity index (χ3v) is 3.39. The lowest BCUT2D eigenvalue weighted by atomic mass is 10.1. The van der Waals surface area contributed by atoms with Gasteiger partial charge in [-0.05, 0) is 24.3 Å². The number of hydrogen-bond donors (Lipinski definition) is 0. The van der Waals surface area contributed by atoms with Gasteiger partial charge in [-0.3, -0.25) is 9.59 Å². The lowest BCUT2D eigenvalue weighted by Crippen LogP contribution is -2.27. The van der Waals surface area contributed by atoms with E-state index in [1.54, 1.807) is 0 Å². The lowest BCUT2D eigenvalue weighted by Gasteiger charge is -2.07. The fourth-order valence-electron chi connectivity index (χ4n) is 1.61. The van der Waals surface area contributed by atoms with Crippen molar-refractivity contribution in [3.63, 3.8) is 0 Å². The molecule has 0 N–H and O–H groups in total. The summed E-state index contributed by atoms with van der Waals surface area (Å²) in [7, 11) is 0. The summed E-state index contributed by atoms with van der Waals surface area (Å²) in [6.07, 6.45) is 1.15. The van der Waals surface area contributed by atoms with Crippen LogP contribution in [0.25, 0.3) is 0 Å². The number of carbonyl (C=O) groups excluding carboxylic acids is 1. The zero-order valence-electron chi connectivity index (χ0n) is 10.8. The van der Waals surface area contributed by atoms with Crippen LogP contribution in [-0.4, -0.2) is 22.2 Å². The Morgan fingerprint density at radius 3 is 2.50 bits per heavy atom. The van der Waals surface area contributed by atoms with Gasteiger partial charge in [0.15, 0.2) is 5.78 Å². The molecule has 9 heteroatoms. The quantitative estimate of drug-likeness (QED) is 0.779. The lowest BCUT2D eigenvalue weighted by molar-refractivity contribution is -0.0498. The molecule has 0 atom stereocenters. The van der Waals surface area contributed by atoms with Gasteiger partial charge in [0.25, 0.3) is 5.56 Å². The maximum absolute atomic E-state index is 12.0. The second kappa shape index (κ2) is 6.85. The highest BCUT2D eigenvalue weighted by Gasteiger charge is 2.13. The van der Waals surface area contributed by atoms with Crippen LogP contribution in [-0.2, 0) is 6.54 Å². The second-order valence-corrected chi connectivity index (χ2v) is 4.88. The number of carbonyl (C=O) groups is 1. The van der Waals surface area contributed by atoms with Crippen molar-refractivity contribution in [1.29, 1.82) is 0 Å². The van der Waals surface area contributed by atoms with Gasteiger partial charge in [0.1, 0.15) is 17.3 Å². The molecular formula is C13H8Cl2F2N2O3. The monoisotopic (exact) mass is 348 g/mol. The Labute approximate surface area is 133 Å². The van der Waals surface area contributed by atoms with Gasteiger partial charge in [0, 0.05) is 5.56 Å². The standard InChI is InChI=1S/C13H8Cl2F2N2O3/c14-9-5-18-19(12(21)11(9)15)6-10(20)7-1-3-8(4-2-7)22-13(16)17/h1-5,13H,6H2. The average Bonchev–Trinajstić information content (AvgIpc) is 2.48. The summed E-state index contributed by atoms with van der Waals surface area (Å²) in [5.74, 6) is -0.520. The Morgan fingerprint density at radius 1 is 1.27 bits per heavy atom. The summed E-state index contributed by atoms with van der Waals surface area (Å²) >= 11 is 11.3. The molecule has 0 aliphatic heterocycles. The van der Waals surface area contributed by atoms with Crippen LogP contribution in [0.2, 0.25) is 10.0 Å². The number of hydrogen-bond acceptors (Lipinski definition) is 4. The molecule has 0 fully saturated rings. The number of alkyl halides is 2. The maximum Gasteiger partial charge on any atom is 0.387 e. The molecule has 0 bridgehead atoms. The van der Waals surface area contributed by atoms with Gasteiger partial charge >= 0.3 is 6.61 Å². The summed E-state index contributed by atoms with van der Waals surface area (Å²) in [4.78, 5) is 23.8. The summed E-state index contributed by atoms with van der Waals surface area (Å²) in [6.45, 7) is -3.30. The van der Waals surface area contributed by atoms with Crippen molar-refractivity contribution in [3.8, 4) is 5.75 Å². The van der Waals surface area contributed by atoms with Gasteiger partial charge in [0.2, 0.25) is 0 Å². The molecule has 5 nitrogen and oxygen atoms in total. The molecule has 2 rings (SSSR count). The number of aromatic nitrogens is 2. The van der Waals surface area contributed by atoms with Crippen molar-refractivity contribution in [2.75, 3.05) is 0 Å². The highest BCUT2D eigenvalue weighted by Crippen LogP contribution is 2.16. The predicted octanol–water partition coefficient (Wildman–Crippen LogP) is 3.03. The van der Waals surface area contributed by atoms with E-state index in [0.717, 1.165) is 10.9 Å². The van der Waals surface area contributed by atoms with Crippen molar-refractivity contribution in [3.05, 3.63) is 56.4 Å². The predicted molar refractivity (Wildman–Crippen MR) is 75.9 cm³/mol. The Morgan fingerprint density at radius 2 is 1.91 bits per heavy atom. The Hall–Kier alpha value is -1.99. The van der Waals surface area contributed by atoms with Crippen LogP contribution < -0.4 is 10.3 Å². The molecule has 0 saturated carbocycles. The van der Waals surface area contributed by atoms with E-state index in [9.17, 15) is 18.4 Å². The number of halogens is 4. The van der Waals surface area contributed by atoms with Gasteiger partial charge in [-0.15, -0.1) is 0 Å². The first-order chi connectivity index (χ1) is 10.4. The van der Waals surface area contributed by atoms with Crippen LogP contribution in [0.15, 0.2) is 35.3 Å². The Balaban J connectivity index is 2.16. The van der Waals surface area contributed by atoms with Crippen molar-refractivity contribution in [2.45, 2.75) is 13.2 Å². The average molecular weight is 349 g/mol. The number of benzene rings is 1. The molecule has 1 aromatic carbocycles. The van der Waals surface area contributed by atoms with Crippen molar-refractivity contribution in [2.24, 2.45) is 0 Å². The van der Waals surface area contributed by atoms with E-state index in [1.807, 2.05) is 0 Å². The first kappa shape index (κ1) is 16.4. The maximum atomic E-state index is 12.0. The molecule has 0 amide bonds. The topological polar surface area (TPSA) is 61.2 Å². The van der Waals surface area contributed by atoms with E-state index in [4.69, 9.17) is 23.2 Å². The van der Waals surface area contributed by atoms with Gasteiger partial charge in [-0.25, -0.2) is 4.68 Å². The number of rotatable bonds is 5. The van der Waals surface area contributed by atoms with E-state index in [0.29, 0.717) is 0 Å². The van der Waals surface area contributed by atoms with E-state index in [1.165, 1.54) is 24.3 Å². The van der Waals surface area contributed by atoms with Crippen LogP contribution in [0, 0.1) is 0 Å². The van der Waals surface area contributed by atoms with E-state index < -0.39 is 18.0 Å². The number of ketones is 1. The molecule has 1 heterocycles. The molecule has 0 aliphatic rings. The molecule has 0 saturated heterocycles. The third-order valence-electron chi connectivity index (χ3n) is 2.64. The molecule has 0 unspecified atom stereocenters. The normalized spacial score (nSPS) is 10.8. The SMILES string of the molecule is O=C(Cn1ncc(Cl)c(Cl)c1=O)c1ccc(OC(F)F)cc1. The zero-order valence-corrected chi connectivity index (χ0v) is 12.3. The van der Waals surface area contributed by atoms with Crippen LogP contribution in [0.3, 0.4) is 0 Å². The number of Topliss-reactive ketones (excluding diaryl/α,β-unsaturated/α-hetero) is 1.